The first kappa shape index (κ1) is 21.8. The minimum absolute atomic E-state index is 0.00663. The van der Waals surface area contributed by atoms with Crippen molar-refractivity contribution in [2.24, 2.45) is 0 Å². The lowest BCUT2D eigenvalue weighted by Gasteiger charge is -2.34. The number of carbonyl (C=O) groups excluding carboxylic acids is 3. The van der Waals surface area contributed by atoms with E-state index in [0.717, 1.165) is 31.9 Å². The fourth-order valence-electron chi connectivity index (χ4n) is 3.86. The van der Waals surface area contributed by atoms with Crippen LogP contribution in [0.5, 0.6) is 5.75 Å². The number of likely N-dealkylation sites (N-methyl/N-ethyl adjacent to an activating group) is 2. The van der Waals surface area contributed by atoms with E-state index in [-0.39, 0.29) is 37.0 Å². The van der Waals surface area contributed by atoms with Crippen LogP contribution >= 0.6 is 0 Å². The molecule has 0 bridgehead atoms. The number of benzene rings is 2. The van der Waals surface area contributed by atoms with Gasteiger partial charge in [-0.3, -0.25) is 14.4 Å². The van der Waals surface area contributed by atoms with Crippen LogP contribution in [0.1, 0.15) is 23.2 Å². The van der Waals surface area contributed by atoms with Gasteiger partial charge < -0.3 is 24.8 Å². The molecule has 1 N–H and O–H groups in total. The molecule has 168 valence electrons. The molecule has 0 saturated carbocycles. The third-order valence-electron chi connectivity index (χ3n) is 5.97. The number of nitrogens with one attached hydrogen (secondary N) is 1. The largest absolute Gasteiger partial charge is 0.482 e. The van der Waals surface area contributed by atoms with Gasteiger partial charge in [0.25, 0.3) is 5.91 Å². The molecule has 1 saturated heterocycles. The van der Waals surface area contributed by atoms with E-state index in [1.54, 1.807) is 25.2 Å². The minimum Gasteiger partial charge on any atom is -0.482 e. The number of ketones is 1. The number of rotatable bonds is 6. The number of hydrogen-bond donors (Lipinski definition) is 1. The number of fused-ring (bicyclic) bond motifs is 1. The number of Topliss-reactive ketones (excluding diaryl/α,β-unsaturated/α-hetero) is 1. The monoisotopic (exact) mass is 436 g/mol. The summed E-state index contributed by atoms with van der Waals surface area (Å²) in [6.45, 7) is 4.05. The first-order chi connectivity index (χ1) is 15.4. The Balaban J connectivity index is 1.29. The van der Waals surface area contributed by atoms with Crippen molar-refractivity contribution < 1.29 is 19.1 Å². The van der Waals surface area contributed by atoms with Crippen LogP contribution < -0.4 is 19.9 Å². The zero-order valence-corrected chi connectivity index (χ0v) is 18.5. The number of ether oxygens (including phenoxy) is 1. The molecule has 0 unspecified atom stereocenters. The Morgan fingerprint density at radius 2 is 1.69 bits per heavy atom. The Hall–Kier alpha value is -3.39. The highest BCUT2D eigenvalue weighted by Gasteiger charge is 2.23. The zero-order valence-electron chi connectivity index (χ0n) is 18.5. The Morgan fingerprint density at radius 3 is 2.41 bits per heavy atom. The van der Waals surface area contributed by atoms with E-state index in [9.17, 15) is 14.4 Å². The molecule has 2 aromatic rings. The average Bonchev–Trinajstić information content (AvgIpc) is 2.81. The molecule has 2 amide bonds. The standard InChI is InChI=1S/C24H28N4O4/c1-26-11-13-28(14-12-26)19-6-4-18(5-7-19)25-23(30)10-8-21(29)17-3-9-22-20(15-17)27(2)24(31)16-32-22/h3-7,9,15H,8,10-14,16H2,1-2H3,(H,25,30). The molecule has 0 atom stereocenters. The number of amides is 2. The smallest absolute Gasteiger partial charge is 0.264 e. The summed E-state index contributed by atoms with van der Waals surface area (Å²) in [4.78, 5) is 42.9. The highest BCUT2D eigenvalue weighted by Crippen LogP contribution is 2.32. The lowest BCUT2D eigenvalue weighted by atomic mass is 10.0. The van der Waals surface area contributed by atoms with E-state index < -0.39 is 0 Å². The maximum absolute atomic E-state index is 12.6. The Labute approximate surface area is 187 Å². The van der Waals surface area contributed by atoms with E-state index in [2.05, 4.69) is 22.2 Å². The van der Waals surface area contributed by atoms with E-state index in [0.29, 0.717) is 22.7 Å². The molecule has 0 radical (unpaired) electrons. The maximum atomic E-state index is 12.6. The van der Waals surface area contributed by atoms with Crippen LogP contribution in [0.4, 0.5) is 17.1 Å². The Kier molecular flexibility index (Phi) is 6.41. The van der Waals surface area contributed by atoms with Crippen molar-refractivity contribution in [2.45, 2.75) is 12.8 Å². The Morgan fingerprint density at radius 1 is 0.969 bits per heavy atom. The summed E-state index contributed by atoms with van der Waals surface area (Å²) in [5, 5.41) is 2.86. The van der Waals surface area contributed by atoms with Gasteiger partial charge in [-0.15, -0.1) is 0 Å². The normalized spacial score (nSPS) is 16.4. The topological polar surface area (TPSA) is 82.2 Å². The number of piperazine rings is 1. The molecule has 2 aliphatic heterocycles. The van der Waals surface area contributed by atoms with Crippen molar-refractivity contribution in [1.82, 2.24) is 4.90 Å². The molecule has 32 heavy (non-hydrogen) atoms. The van der Waals surface area contributed by atoms with E-state index >= 15 is 0 Å². The van der Waals surface area contributed by atoms with E-state index in [1.165, 1.54) is 4.90 Å². The lowest BCUT2D eigenvalue weighted by molar-refractivity contribution is -0.121. The molecular weight excluding hydrogens is 408 g/mol. The molecule has 2 aromatic carbocycles. The third-order valence-corrected chi connectivity index (χ3v) is 5.97. The first-order valence-corrected chi connectivity index (χ1v) is 10.8. The molecule has 8 heteroatoms. The average molecular weight is 437 g/mol. The number of nitrogens with zero attached hydrogens (tertiary/aromatic N) is 3. The predicted molar refractivity (Wildman–Crippen MR) is 124 cm³/mol. The van der Waals surface area contributed by atoms with Crippen molar-refractivity contribution in [3.8, 4) is 5.75 Å². The molecule has 2 heterocycles. The van der Waals surface area contributed by atoms with Gasteiger partial charge in [0.15, 0.2) is 12.4 Å². The maximum Gasteiger partial charge on any atom is 0.264 e. The van der Waals surface area contributed by atoms with Crippen molar-refractivity contribution in [3.63, 3.8) is 0 Å². The fraction of sp³-hybridized carbons (Fsp3) is 0.375. The molecule has 8 nitrogen and oxygen atoms in total. The minimum atomic E-state index is -0.209. The molecule has 0 aromatic heterocycles. The van der Waals surface area contributed by atoms with Crippen LogP contribution in [0.15, 0.2) is 42.5 Å². The summed E-state index contributed by atoms with van der Waals surface area (Å²) in [5.74, 6) is 0.0422. The van der Waals surface area contributed by atoms with Gasteiger partial charge in [-0.05, 0) is 49.5 Å². The summed E-state index contributed by atoms with van der Waals surface area (Å²) in [6.07, 6.45) is 0.171. The second-order valence-corrected chi connectivity index (χ2v) is 8.23. The number of hydrogen-bond acceptors (Lipinski definition) is 6. The molecular formula is C24H28N4O4. The second kappa shape index (κ2) is 9.40. The van der Waals surface area contributed by atoms with Gasteiger partial charge in [-0.1, -0.05) is 0 Å². The summed E-state index contributed by atoms with van der Waals surface area (Å²) in [7, 11) is 3.78. The summed E-state index contributed by atoms with van der Waals surface area (Å²) in [5.41, 5.74) is 2.88. The van der Waals surface area contributed by atoms with Gasteiger partial charge in [-0.25, -0.2) is 0 Å². The van der Waals surface area contributed by atoms with Crippen LogP contribution in [0, 0.1) is 0 Å². The third kappa shape index (κ3) is 4.91. The van der Waals surface area contributed by atoms with Crippen LogP contribution in [-0.2, 0) is 9.59 Å². The Bertz CT molecular complexity index is 1010. The van der Waals surface area contributed by atoms with Gasteiger partial charge in [0.1, 0.15) is 5.75 Å². The molecule has 1 fully saturated rings. The van der Waals surface area contributed by atoms with Crippen molar-refractivity contribution >= 4 is 34.7 Å². The molecule has 0 aliphatic carbocycles. The van der Waals surface area contributed by atoms with Gasteiger partial charge in [0.2, 0.25) is 5.91 Å². The van der Waals surface area contributed by atoms with Gasteiger partial charge in [-0.2, -0.15) is 0 Å². The van der Waals surface area contributed by atoms with Crippen LogP contribution in [0.25, 0.3) is 0 Å². The highest BCUT2D eigenvalue weighted by molar-refractivity contribution is 6.03. The number of carbonyl (C=O) groups is 3. The van der Waals surface area contributed by atoms with E-state index in [1.807, 2.05) is 24.3 Å². The number of anilines is 3. The van der Waals surface area contributed by atoms with Crippen LogP contribution in [0.2, 0.25) is 0 Å². The van der Waals surface area contributed by atoms with E-state index in [4.69, 9.17) is 4.74 Å². The highest BCUT2D eigenvalue weighted by atomic mass is 16.5. The quantitative estimate of drug-likeness (QED) is 0.701. The summed E-state index contributed by atoms with van der Waals surface area (Å²) < 4.78 is 5.39. The fourth-order valence-corrected chi connectivity index (χ4v) is 3.86. The lowest BCUT2D eigenvalue weighted by Crippen LogP contribution is -2.44. The predicted octanol–water partition coefficient (Wildman–Crippen LogP) is 2.40. The molecule has 2 aliphatic rings. The molecule has 0 spiro atoms. The van der Waals surface area contributed by atoms with Crippen LogP contribution in [0.3, 0.4) is 0 Å². The summed E-state index contributed by atoms with van der Waals surface area (Å²) >= 11 is 0. The van der Waals surface area contributed by atoms with Gasteiger partial charge >= 0.3 is 0 Å². The summed E-state index contributed by atoms with van der Waals surface area (Å²) in [6, 6.07) is 12.8. The SMILES string of the molecule is CN1CCN(c2ccc(NC(=O)CCC(=O)c3ccc4c(c3)N(C)C(=O)CO4)cc2)CC1. The molecule has 4 rings (SSSR count). The second-order valence-electron chi connectivity index (χ2n) is 8.23. The van der Waals surface area contributed by atoms with Gasteiger partial charge in [0, 0.05) is 63.0 Å². The van der Waals surface area contributed by atoms with Crippen molar-refractivity contribution in [1.29, 1.82) is 0 Å². The zero-order chi connectivity index (χ0) is 22.7. The first-order valence-electron chi connectivity index (χ1n) is 10.8. The van der Waals surface area contributed by atoms with Crippen molar-refractivity contribution in [3.05, 3.63) is 48.0 Å². The van der Waals surface area contributed by atoms with Crippen LogP contribution in [-0.4, -0.2) is 69.4 Å². The van der Waals surface area contributed by atoms with Gasteiger partial charge in [0.05, 0.1) is 5.69 Å². The van der Waals surface area contributed by atoms with Crippen molar-refractivity contribution in [2.75, 3.05) is 62.0 Å².